The van der Waals surface area contributed by atoms with Gasteiger partial charge in [0.1, 0.15) is 5.52 Å². The van der Waals surface area contributed by atoms with Gasteiger partial charge >= 0.3 is 0 Å². The first kappa shape index (κ1) is 14.7. The Hall–Kier alpha value is -3.22. The van der Waals surface area contributed by atoms with Gasteiger partial charge in [-0.3, -0.25) is 9.59 Å². The lowest BCUT2D eigenvalue weighted by Crippen LogP contribution is -2.18. The van der Waals surface area contributed by atoms with Gasteiger partial charge in [-0.25, -0.2) is 4.68 Å². The Kier molecular flexibility index (Phi) is 3.76. The smallest absolute Gasteiger partial charge is 0.255 e. The number of aryl methyl sites for hydroxylation is 1. The van der Waals surface area contributed by atoms with Crippen LogP contribution in [0.4, 0.5) is 5.69 Å². The number of amides is 2. The molecule has 3 aromatic rings. The van der Waals surface area contributed by atoms with E-state index in [1.807, 2.05) is 0 Å². The quantitative estimate of drug-likeness (QED) is 0.769. The number of anilines is 1. The van der Waals surface area contributed by atoms with Gasteiger partial charge in [0.05, 0.1) is 5.52 Å². The minimum atomic E-state index is -0.272. The van der Waals surface area contributed by atoms with Crippen LogP contribution in [0.5, 0.6) is 0 Å². The number of fused-ring (bicyclic) bond motifs is 1. The molecule has 2 N–H and O–H groups in total. The topological polar surface area (TPSA) is 88.9 Å². The van der Waals surface area contributed by atoms with Crippen molar-refractivity contribution in [2.24, 2.45) is 7.05 Å². The van der Waals surface area contributed by atoms with Crippen LogP contribution in [0.1, 0.15) is 20.7 Å². The molecule has 23 heavy (non-hydrogen) atoms. The summed E-state index contributed by atoms with van der Waals surface area (Å²) in [5.41, 5.74) is 3.01. The van der Waals surface area contributed by atoms with Crippen molar-refractivity contribution in [1.82, 2.24) is 20.3 Å². The first-order chi connectivity index (χ1) is 11.1. The van der Waals surface area contributed by atoms with Crippen molar-refractivity contribution >= 4 is 28.5 Å². The molecule has 0 fully saturated rings. The van der Waals surface area contributed by atoms with Crippen LogP contribution in [0.15, 0.2) is 42.5 Å². The van der Waals surface area contributed by atoms with Gasteiger partial charge in [0, 0.05) is 30.9 Å². The van der Waals surface area contributed by atoms with E-state index >= 15 is 0 Å². The Bertz CT molecular complexity index is 900. The predicted molar refractivity (Wildman–Crippen MR) is 86.3 cm³/mol. The van der Waals surface area contributed by atoms with Crippen LogP contribution >= 0.6 is 0 Å². The Labute approximate surface area is 132 Å². The molecule has 3 rings (SSSR count). The third kappa shape index (κ3) is 2.89. The molecule has 2 amide bonds. The molecule has 0 saturated carbocycles. The van der Waals surface area contributed by atoms with Gasteiger partial charge in [0.15, 0.2) is 0 Å². The molecule has 0 aliphatic heterocycles. The monoisotopic (exact) mass is 309 g/mol. The van der Waals surface area contributed by atoms with E-state index in [4.69, 9.17) is 0 Å². The van der Waals surface area contributed by atoms with Gasteiger partial charge in [-0.2, -0.15) is 0 Å². The van der Waals surface area contributed by atoms with Crippen LogP contribution in [-0.4, -0.2) is 33.9 Å². The van der Waals surface area contributed by atoms with Crippen LogP contribution < -0.4 is 10.6 Å². The number of hydrogen-bond acceptors (Lipinski definition) is 4. The molecule has 1 aromatic heterocycles. The van der Waals surface area contributed by atoms with Gasteiger partial charge < -0.3 is 10.6 Å². The zero-order valence-electron chi connectivity index (χ0n) is 12.7. The average Bonchev–Trinajstić information content (AvgIpc) is 2.95. The zero-order valence-corrected chi connectivity index (χ0v) is 12.7. The summed E-state index contributed by atoms with van der Waals surface area (Å²) in [4.78, 5) is 24.0. The summed E-state index contributed by atoms with van der Waals surface area (Å²) in [5, 5.41) is 13.2. The summed E-state index contributed by atoms with van der Waals surface area (Å²) < 4.78 is 1.64. The molecule has 2 aromatic carbocycles. The fraction of sp³-hybridized carbons (Fsp3) is 0.125. The number of carbonyl (C=O) groups excluding carboxylic acids is 2. The van der Waals surface area contributed by atoms with Crippen LogP contribution in [0.25, 0.3) is 11.0 Å². The van der Waals surface area contributed by atoms with Crippen LogP contribution in [0.2, 0.25) is 0 Å². The van der Waals surface area contributed by atoms with Gasteiger partial charge in [-0.05, 0) is 36.4 Å². The Balaban J connectivity index is 1.84. The van der Waals surface area contributed by atoms with Crippen molar-refractivity contribution in [2.75, 3.05) is 12.4 Å². The number of nitrogens with zero attached hydrogens (tertiary/aromatic N) is 3. The van der Waals surface area contributed by atoms with Crippen molar-refractivity contribution in [3.63, 3.8) is 0 Å². The molecule has 7 nitrogen and oxygen atoms in total. The highest BCUT2D eigenvalue weighted by Crippen LogP contribution is 2.15. The van der Waals surface area contributed by atoms with Gasteiger partial charge in [-0.15, -0.1) is 5.10 Å². The molecule has 0 atom stereocenters. The minimum absolute atomic E-state index is 0.206. The molecule has 0 unspecified atom stereocenters. The van der Waals surface area contributed by atoms with Crippen LogP contribution in [0.3, 0.4) is 0 Å². The van der Waals surface area contributed by atoms with E-state index in [1.165, 1.54) is 0 Å². The van der Waals surface area contributed by atoms with Crippen molar-refractivity contribution < 1.29 is 9.59 Å². The lowest BCUT2D eigenvalue weighted by Gasteiger charge is -2.07. The maximum atomic E-state index is 12.3. The molecule has 1 heterocycles. The maximum Gasteiger partial charge on any atom is 0.255 e. The highest BCUT2D eigenvalue weighted by atomic mass is 16.2. The SMILES string of the molecule is CNC(=O)c1cccc(NC(=O)c2ccc3c(c2)nnn3C)c1. The van der Waals surface area contributed by atoms with E-state index in [9.17, 15) is 9.59 Å². The second-order valence-corrected chi connectivity index (χ2v) is 5.03. The number of benzene rings is 2. The molecule has 116 valence electrons. The normalized spacial score (nSPS) is 10.5. The Morgan fingerprint density at radius 1 is 1.04 bits per heavy atom. The largest absolute Gasteiger partial charge is 0.355 e. The molecular formula is C16H15N5O2. The van der Waals surface area contributed by atoms with Crippen molar-refractivity contribution in [1.29, 1.82) is 0 Å². The summed E-state index contributed by atoms with van der Waals surface area (Å²) in [7, 11) is 3.35. The van der Waals surface area contributed by atoms with Crippen molar-refractivity contribution in [3.05, 3.63) is 53.6 Å². The standard InChI is InChI=1S/C16H15N5O2/c1-17-15(22)10-4-3-5-12(8-10)18-16(23)11-6-7-14-13(9-11)19-20-21(14)2/h3-9H,1-2H3,(H,17,22)(H,18,23). The lowest BCUT2D eigenvalue weighted by molar-refractivity contribution is 0.0961. The number of rotatable bonds is 3. The highest BCUT2D eigenvalue weighted by molar-refractivity contribution is 6.06. The Morgan fingerprint density at radius 3 is 2.61 bits per heavy atom. The van der Waals surface area contributed by atoms with Crippen LogP contribution in [0, 0.1) is 0 Å². The molecule has 0 saturated heterocycles. The fourth-order valence-electron chi connectivity index (χ4n) is 2.27. The van der Waals surface area contributed by atoms with Crippen LogP contribution in [-0.2, 0) is 7.05 Å². The second kappa shape index (κ2) is 5.88. The first-order valence-electron chi connectivity index (χ1n) is 7.01. The molecule has 7 heteroatoms. The highest BCUT2D eigenvalue weighted by Gasteiger charge is 2.10. The van der Waals surface area contributed by atoms with Gasteiger partial charge in [0.2, 0.25) is 0 Å². The predicted octanol–water partition coefficient (Wildman–Crippen LogP) is 1.58. The van der Waals surface area contributed by atoms with Crippen molar-refractivity contribution in [2.45, 2.75) is 0 Å². The van der Waals surface area contributed by atoms with Gasteiger partial charge in [-0.1, -0.05) is 11.3 Å². The third-order valence-corrected chi connectivity index (χ3v) is 3.48. The summed E-state index contributed by atoms with van der Waals surface area (Å²) >= 11 is 0. The fourth-order valence-corrected chi connectivity index (χ4v) is 2.27. The number of hydrogen-bond donors (Lipinski definition) is 2. The van der Waals surface area contributed by atoms with E-state index in [0.29, 0.717) is 22.3 Å². The molecule has 0 spiro atoms. The molecule has 0 aliphatic rings. The van der Waals surface area contributed by atoms with Gasteiger partial charge in [0.25, 0.3) is 11.8 Å². The second-order valence-electron chi connectivity index (χ2n) is 5.03. The molecular weight excluding hydrogens is 294 g/mol. The third-order valence-electron chi connectivity index (χ3n) is 3.48. The Morgan fingerprint density at radius 2 is 1.83 bits per heavy atom. The number of aromatic nitrogens is 3. The molecule has 0 radical (unpaired) electrons. The summed E-state index contributed by atoms with van der Waals surface area (Å²) in [5.74, 6) is -0.478. The van der Waals surface area contributed by atoms with E-state index in [1.54, 1.807) is 61.2 Å². The van der Waals surface area contributed by atoms with E-state index < -0.39 is 0 Å². The zero-order chi connectivity index (χ0) is 16.4. The first-order valence-corrected chi connectivity index (χ1v) is 7.01. The summed E-state index contributed by atoms with van der Waals surface area (Å²) in [6.45, 7) is 0. The molecule has 0 bridgehead atoms. The summed E-state index contributed by atoms with van der Waals surface area (Å²) in [6, 6.07) is 11.9. The summed E-state index contributed by atoms with van der Waals surface area (Å²) in [6.07, 6.45) is 0. The number of nitrogens with one attached hydrogen (secondary N) is 2. The van der Waals surface area contributed by atoms with Crippen molar-refractivity contribution in [3.8, 4) is 0 Å². The lowest BCUT2D eigenvalue weighted by atomic mass is 10.1. The van der Waals surface area contributed by atoms with E-state index in [2.05, 4.69) is 20.9 Å². The van der Waals surface area contributed by atoms with E-state index in [-0.39, 0.29) is 11.8 Å². The minimum Gasteiger partial charge on any atom is -0.355 e. The number of carbonyl (C=O) groups is 2. The van der Waals surface area contributed by atoms with E-state index in [0.717, 1.165) is 5.52 Å². The molecule has 0 aliphatic carbocycles. The maximum absolute atomic E-state index is 12.3. The average molecular weight is 309 g/mol.